The zero-order valence-electron chi connectivity index (χ0n) is 11.3. The Hall–Kier alpha value is -1.05. The fourth-order valence-electron chi connectivity index (χ4n) is 1.92. The van der Waals surface area contributed by atoms with Crippen LogP contribution in [-0.4, -0.2) is 25.5 Å². The van der Waals surface area contributed by atoms with Crippen molar-refractivity contribution in [1.29, 1.82) is 0 Å². The van der Waals surface area contributed by atoms with Crippen LogP contribution in [0.5, 0.6) is 0 Å². The average molecular weight is 374 g/mol. The van der Waals surface area contributed by atoms with Gasteiger partial charge in [0.1, 0.15) is 0 Å². The van der Waals surface area contributed by atoms with Crippen molar-refractivity contribution >= 4 is 39.6 Å². The van der Waals surface area contributed by atoms with Gasteiger partial charge in [-0.3, -0.25) is 4.99 Å². The van der Waals surface area contributed by atoms with E-state index in [0.717, 1.165) is 23.4 Å². The van der Waals surface area contributed by atoms with Crippen molar-refractivity contribution in [2.75, 3.05) is 5.88 Å². The molecule has 0 unspecified atom stereocenters. The number of alkyl halides is 4. The van der Waals surface area contributed by atoms with Crippen LogP contribution in [-0.2, 0) is 9.84 Å². The van der Waals surface area contributed by atoms with Gasteiger partial charge in [-0.25, -0.2) is 8.42 Å². The third-order valence-corrected chi connectivity index (χ3v) is 4.88. The monoisotopic (exact) mass is 373 g/mol. The van der Waals surface area contributed by atoms with Crippen molar-refractivity contribution in [2.45, 2.75) is 23.7 Å². The number of hydrogen-bond acceptors (Lipinski definition) is 3. The molecular weight excluding hydrogens is 362 g/mol. The third kappa shape index (κ3) is 3.47. The van der Waals surface area contributed by atoms with Crippen molar-refractivity contribution in [3.63, 3.8) is 0 Å². The fraction of sp³-hybridized carbons (Fsp3) is 0.308. The summed E-state index contributed by atoms with van der Waals surface area (Å²) in [4.78, 5) is 3.51. The van der Waals surface area contributed by atoms with Crippen molar-refractivity contribution in [2.24, 2.45) is 4.99 Å². The lowest BCUT2D eigenvalue weighted by atomic mass is 10.1. The molecule has 0 saturated heterocycles. The Morgan fingerprint density at radius 2 is 1.77 bits per heavy atom. The summed E-state index contributed by atoms with van der Waals surface area (Å²) in [6.45, 7) is 1.87. The zero-order chi connectivity index (χ0) is 15.8. The van der Waals surface area contributed by atoms with Gasteiger partial charge in [-0.2, -0.15) is 13.2 Å². The van der Waals surface area contributed by atoms with Crippen molar-refractivity contribution in [1.82, 2.24) is 0 Å². The van der Waals surface area contributed by atoms with E-state index in [4.69, 9.17) is 11.6 Å². The molecule has 0 bridgehead atoms. The number of hydrogen-bond donors (Lipinski definition) is 0. The lowest BCUT2D eigenvalue weighted by molar-refractivity contribution is -0.0436. The van der Waals surface area contributed by atoms with Crippen molar-refractivity contribution < 1.29 is 21.6 Å². The Bertz CT molecular complexity index is 723. The first-order valence-corrected chi connectivity index (χ1v) is 7.92. The van der Waals surface area contributed by atoms with Crippen LogP contribution in [0.2, 0.25) is 0 Å². The van der Waals surface area contributed by atoms with Crippen LogP contribution in [0.1, 0.15) is 18.9 Å². The lowest BCUT2D eigenvalue weighted by Crippen LogP contribution is -2.23. The number of sulfone groups is 1. The van der Waals surface area contributed by atoms with E-state index in [-0.39, 0.29) is 18.3 Å². The van der Waals surface area contributed by atoms with Crippen LogP contribution in [0.15, 0.2) is 45.4 Å². The van der Waals surface area contributed by atoms with E-state index in [2.05, 4.69) is 4.99 Å². The highest BCUT2D eigenvalue weighted by molar-refractivity contribution is 7.92. The van der Waals surface area contributed by atoms with Gasteiger partial charge >= 0.3 is 5.51 Å². The van der Waals surface area contributed by atoms with E-state index in [1.807, 2.05) is 6.92 Å². The molecule has 0 aromatic heterocycles. The number of allylic oxidation sites excluding steroid dienone is 2. The first-order valence-electron chi connectivity index (χ1n) is 5.91. The molecule has 0 fully saturated rings. The molecular formula is C13H12Cl2F3NO2S. The van der Waals surface area contributed by atoms with Gasteiger partial charge in [0.05, 0.1) is 22.2 Å². The Kier molecular flexibility index (Phi) is 5.70. The molecule has 0 amide bonds. The molecule has 1 aliphatic rings. The molecule has 9 heteroatoms. The summed E-state index contributed by atoms with van der Waals surface area (Å²) in [7, 11) is -5.31. The van der Waals surface area contributed by atoms with Gasteiger partial charge in [0, 0.05) is 6.42 Å². The SMILES string of the molecule is CC1=C(CCl)N=C(c2ccc(S(=O)(=O)C(F)(F)F)cc2)C1.Cl. The molecule has 1 heterocycles. The van der Waals surface area contributed by atoms with E-state index in [1.165, 1.54) is 12.1 Å². The minimum Gasteiger partial charge on any atom is -0.256 e. The molecule has 0 saturated carbocycles. The van der Waals surface area contributed by atoms with Crippen LogP contribution in [0.3, 0.4) is 0 Å². The Labute approximate surface area is 137 Å². The zero-order valence-corrected chi connectivity index (χ0v) is 13.7. The molecule has 1 aromatic rings. The van der Waals surface area contributed by atoms with Crippen LogP contribution < -0.4 is 0 Å². The van der Waals surface area contributed by atoms with E-state index < -0.39 is 20.2 Å². The number of halogens is 5. The van der Waals surface area contributed by atoms with Crippen molar-refractivity contribution in [3.05, 3.63) is 41.1 Å². The number of aliphatic imine (C=N–C) groups is 1. The highest BCUT2D eigenvalue weighted by Gasteiger charge is 2.46. The van der Waals surface area contributed by atoms with Crippen LogP contribution in [0.25, 0.3) is 0 Å². The van der Waals surface area contributed by atoms with E-state index in [0.29, 0.717) is 17.7 Å². The molecule has 122 valence electrons. The van der Waals surface area contributed by atoms with Crippen LogP contribution in [0, 0.1) is 0 Å². The maximum atomic E-state index is 12.4. The Balaban J connectivity index is 0.00000242. The molecule has 22 heavy (non-hydrogen) atoms. The summed E-state index contributed by atoms with van der Waals surface area (Å²) in [6.07, 6.45) is 0.549. The van der Waals surface area contributed by atoms with Gasteiger partial charge in [0.25, 0.3) is 9.84 Å². The standard InChI is InChI=1S/C13H11ClF3NO2S.ClH/c1-8-6-11(18-12(8)7-14)9-2-4-10(5-3-9)21(19,20)13(15,16)17;/h2-5H,6-7H2,1H3;1H. The second kappa shape index (κ2) is 6.60. The predicted molar refractivity (Wildman–Crippen MR) is 81.5 cm³/mol. The predicted octanol–water partition coefficient (Wildman–Crippen LogP) is 4.11. The second-order valence-electron chi connectivity index (χ2n) is 4.57. The first-order chi connectivity index (χ1) is 9.66. The minimum absolute atomic E-state index is 0. The molecule has 1 aromatic carbocycles. The van der Waals surface area contributed by atoms with Gasteiger partial charge < -0.3 is 0 Å². The van der Waals surface area contributed by atoms with Crippen LogP contribution in [0.4, 0.5) is 13.2 Å². The van der Waals surface area contributed by atoms with Gasteiger partial charge in [0.15, 0.2) is 0 Å². The fourth-order valence-corrected chi connectivity index (χ4v) is 2.97. The van der Waals surface area contributed by atoms with E-state index in [9.17, 15) is 21.6 Å². The van der Waals surface area contributed by atoms with Gasteiger partial charge in [0.2, 0.25) is 0 Å². The number of rotatable bonds is 3. The maximum absolute atomic E-state index is 12.4. The summed E-state index contributed by atoms with van der Waals surface area (Å²) < 4.78 is 59.8. The summed E-state index contributed by atoms with van der Waals surface area (Å²) in [6, 6.07) is 4.52. The molecule has 0 aliphatic carbocycles. The Morgan fingerprint density at radius 3 is 2.18 bits per heavy atom. The lowest BCUT2D eigenvalue weighted by Gasteiger charge is -2.08. The average Bonchev–Trinajstić information content (AvgIpc) is 2.79. The molecule has 1 aliphatic heterocycles. The molecule has 2 rings (SSSR count). The largest absolute Gasteiger partial charge is 0.501 e. The normalized spacial score (nSPS) is 15.6. The molecule has 0 N–H and O–H groups in total. The highest BCUT2D eigenvalue weighted by atomic mass is 35.5. The number of nitrogens with zero attached hydrogens (tertiary/aromatic N) is 1. The van der Waals surface area contributed by atoms with E-state index in [1.54, 1.807) is 0 Å². The summed E-state index contributed by atoms with van der Waals surface area (Å²) >= 11 is 5.72. The smallest absolute Gasteiger partial charge is 0.256 e. The third-order valence-electron chi connectivity index (χ3n) is 3.12. The summed E-state index contributed by atoms with van der Waals surface area (Å²) in [5.74, 6) is 0.260. The van der Waals surface area contributed by atoms with Gasteiger partial charge in [-0.15, -0.1) is 24.0 Å². The quantitative estimate of drug-likeness (QED) is 0.748. The molecule has 0 spiro atoms. The maximum Gasteiger partial charge on any atom is 0.501 e. The van der Waals surface area contributed by atoms with Gasteiger partial charge in [-0.1, -0.05) is 12.1 Å². The Morgan fingerprint density at radius 1 is 1.23 bits per heavy atom. The second-order valence-corrected chi connectivity index (χ2v) is 6.78. The van der Waals surface area contributed by atoms with E-state index >= 15 is 0 Å². The van der Waals surface area contributed by atoms with Crippen LogP contribution >= 0.6 is 24.0 Å². The topological polar surface area (TPSA) is 46.5 Å². The minimum atomic E-state index is -5.31. The molecule has 0 atom stereocenters. The molecule has 3 nitrogen and oxygen atoms in total. The van der Waals surface area contributed by atoms with Gasteiger partial charge in [-0.05, 0) is 30.2 Å². The van der Waals surface area contributed by atoms with Crippen molar-refractivity contribution in [3.8, 4) is 0 Å². The first kappa shape index (κ1) is 19.0. The number of benzene rings is 1. The summed E-state index contributed by atoms with van der Waals surface area (Å²) in [5, 5.41) is 0. The highest BCUT2D eigenvalue weighted by Crippen LogP contribution is 2.31. The summed E-state index contributed by atoms with van der Waals surface area (Å²) in [5.41, 5.74) is -2.33. The molecule has 0 radical (unpaired) electrons.